The molecule has 1 N–H and O–H groups in total. The van der Waals surface area contributed by atoms with E-state index in [-0.39, 0.29) is 11.9 Å². The summed E-state index contributed by atoms with van der Waals surface area (Å²) in [5, 5.41) is 13.8. The third-order valence-corrected chi connectivity index (χ3v) is 5.57. The Morgan fingerprint density at radius 3 is 3.04 bits per heavy atom. The van der Waals surface area contributed by atoms with Crippen LogP contribution < -0.4 is 5.32 Å². The van der Waals surface area contributed by atoms with Crippen LogP contribution in [0.15, 0.2) is 17.5 Å². The number of thiophene rings is 1. The molecule has 7 heteroatoms. The van der Waals surface area contributed by atoms with E-state index < -0.39 is 0 Å². The van der Waals surface area contributed by atoms with Crippen LogP contribution >= 0.6 is 11.3 Å². The van der Waals surface area contributed by atoms with Gasteiger partial charge < -0.3 is 9.88 Å². The molecule has 0 radical (unpaired) electrons. The topological polar surface area (TPSA) is 63.1 Å². The highest BCUT2D eigenvalue weighted by Crippen LogP contribution is 2.39. The fourth-order valence-electron chi connectivity index (χ4n) is 3.11. The highest BCUT2D eigenvalue weighted by Gasteiger charge is 2.32. The van der Waals surface area contributed by atoms with E-state index in [1.807, 2.05) is 18.4 Å². The maximum atomic E-state index is 12.3. The normalized spacial score (nSPS) is 19.3. The maximum Gasteiger partial charge on any atom is 0.234 e. The van der Waals surface area contributed by atoms with Gasteiger partial charge in [0.25, 0.3) is 0 Å². The van der Waals surface area contributed by atoms with Crippen molar-refractivity contribution in [2.24, 2.45) is 0 Å². The van der Waals surface area contributed by atoms with Crippen LogP contribution in [0.2, 0.25) is 0 Å². The van der Waals surface area contributed by atoms with Crippen LogP contribution in [-0.4, -0.2) is 38.7 Å². The molecule has 1 fully saturated rings. The van der Waals surface area contributed by atoms with Crippen molar-refractivity contribution in [2.75, 3.05) is 13.1 Å². The molecule has 1 saturated carbocycles. The summed E-state index contributed by atoms with van der Waals surface area (Å²) in [7, 11) is 0. The fourth-order valence-corrected chi connectivity index (χ4v) is 3.84. The van der Waals surface area contributed by atoms with E-state index in [9.17, 15) is 4.79 Å². The lowest BCUT2D eigenvalue weighted by Crippen LogP contribution is -2.42. The first-order valence-electron chi connectivity index (χ1n) is 8.18. The first kappa shape index (κ1) is 14.8. The third kappa shape index (κ3) is 3.16. The molecule has 4 rings (SSSR count). The molecule has 3 heterocycles. The molecule has 0 aromatic carbocycles. The summed E-state index contributed by atoms with van der Waals surface area (Å²) in [5.41, 5.74) is 0. The minimum absolute atomic E-state index is 0.0670. The van der Waals surface area contributed by atoms with Gasteiger partial charge >= 0.3 is 0 Å². The minimum Gasteiger partial charge on any atom is -0.348 e. The van der Waals surface area contributed by atoms with E-state index in [4.69, 9.17) is 0 Å². The molecule has 122 valence electrons. The SMILES string of the molecule is C[C@H](NC(=O)CN1CCn2c(nnc2C2CC2)C1)c1cccs1. The molecular formula is C16H21N5OS. The predicted molar refractivity (Wildman–Crippen MR) is 88.2 cm³/mol. The Morgan fingerprint density at radius 1 is 1.43 bits per heavy atom. The molecule has 6 nitrogen and oxygen atoms in total. The van der Waals surface area contributed by atoms with E-state index in [2.05, 4.69) is 31.0 Å². The lowest BCUT2D eigenvalue weighted by Gasteiger charge is -2.27. The highest BCUT2D eigenvalue weighted by molar-refractivity contribution is 7.10. The Balaban J connectivity index is 1.33. The summed E-state index contributed by atoms with van der Waals surface area (Å²) < 4.78 is 2.25. The molecule has 1 aliphatic carbocycles. The van der Waals surface area contributed by atoms with Crippen molar-refractivity contribution in [2.45, 2.75) is 44.8 Å². The van der Waals surface area contributed by atoms with Crippen molar-refractivity contribution < 1.29 is 4.79 Å². The Hall–Kier alpha value is -1.73. The van der Waals surface area contributed by atoms with Gasteiger partial charge in [0.05, 0.1) is 19.1 Å². The van der Waals surface area contributed by atoms with Crippen molar-refractivity contribution in [1.29, 1.82) is 0 Å². The lowest BCUT2D eigenvalue weighted by molar-refractivity contribution is -0.123. The molecule has 0 spiro atoms. The Kier molecular flexibility index (Phi) is 3.90. The third-order valence-electron chi connectivity index (χ3n) is 4.52. The van der Waals surface area contributed by atoms with E-state index in [0.717, 1.165) is 24.7 Å². The zero-order valence-electron chi connectivity index (χ0n) is 13.2. The van der Waals surface area contributed by atoms with Gasteiger partial charge in [-0.2, -0.15) is 0 Å². The average molecular weight is 331 g/mol. The number of rotatable bonds is 5. The second-order valence-electron chi connectivity index (χ2n) is 6.42. The molecule has 2 aliphatic rings. The number of nitrogens with zero attached hydrogens (tertiary/aromatic N) is 4. The van der Waals surface area contributed by atoms with E-state index in [1.165, 1.54) is 17.7 Å². The van der Waals surface area contributed by atoms with Gasteiger partial charge in [-0.3, -0.25) is 9.69 Å². The maximum absolute atomic E-state index is 12.3. The lowest BCUT2D eigenvalue weighted by atomic mass is 10.2. The van der Waals surface area contributed by atoms with Crippen molar-refractivity contribution in [3.05, 3.63) is 34.0 Å². The van der Waals surface area contributed by atoms with Crippen molar-refractivity contribution in [3.63, 3.8) is 0 Å². The zero-order valence-corrected chi connectivity index (χ0v) is 14.1. The average Bonchev–Trinajstić information content (AvgIpc) is 3.07. The van der Waals surface area contributed by atoms with Gasteiger partial charge in [-0.05, 0) is 31.2 Å². The van der Waals surface area contributed by atoms with Gasteiger partial charge in [0.15, 0.2) is 0 Å². The predicted octanol–water partition coefficient (Wildman–Crippen LogP) is 1.91. The molecule has 2 aromatic heterocycles. The first-order chi connectivity index (χ1) is 11.2. The van der Waals surface area contributed by atoms with Crippen molar-refractivity contribution in [3.8, 4) is 0 Å². The molecule has 2 aromatic rings. The number of hydrogen-bond acceptors (Lipinski definition) is 5. The standard InChI is InChI=1S/C16H21N5OS/c1-11(13-3-2-8-23-13)17-15(22)10-20-6-7-21-14(9-20)18-19-16(21)12-4-5-12/h2-3,8,11-12H,4-7,9-10H2,1H3,(H,17,22)/t11-/m0/s1. The number of nitrogens with one attached hydrogen (secondary N) is 1. The van der Waals surface area contributed by atoms with Crippen molar-refractivity contribution in [1.82, 2.24) is 25.0 Å². The molecule has 1 amide bonds. The van der Waals surface area contributed by atoms with Crippen LogP contribution in [-0.2, 0) is 17.9 Å². The van der Waals surface area contributed by atoms with Gasteiger partial charge in [-0.25, -0.2) is 0 Å². The molecule has 0 bridgehead atoms. The van der Waals surface area contributed by atoms with E-state index >= 15 is 0 Å². The van der Waals surface area contributed by atoms with Gasteiger partial charge in [0.2, 0.25) is 5.91 Å². The summed E-state index contributed by atoms with van der Waals surface area (Å²) in [4.78, 5) is 15.6. The van der Waals surface area contributed by atoms with Crippen LogP contribution in [0.5, 0.6) is 0 Å². The molecule has 0 saturated heterocycles. The quantitative estimate of drug-likeness (QED) is 0.909. The van der Waals surface area contributed by atoms with Gasteiger partial charge in [0, 0.05) is 23.9 Å². The Morgan fingerprint density at radius 2 is 2.30 bits per heavy atom. The minimum atomic E-state index is 0.0670. The molecule has 1 atom stereocenters. The molecular weight excluding hydrogens is 310 g/mol. The number of carbonyl (C=O) groups is 1. The van der Waals surface area contributed by atoms with Crippen LogP contribution in [0.1, 0.15) is 48.3 Å². The largest absolute Gasteiger partial charge is 0.348 e. The van der Waals surface area contributed by atoms with Crippen LogP contribution in [0, 0.1) is 0 Å². The number of carbonyl (C=O) groups excluding carboxylic acids is 1. The number of aromatic nitrogens is 3. The Labute approximate surface area is 139 Å². The van der Waals surface area contributed by atoms with Gasteiger partial charge in [-0.1, -0.05) is 6.07 Å². The number of amides is 1. The monoisotopic (exact) mass is 331 g/mol. The fraction of sp³-hybridized carbons (Fsp3) is 0.562. The summed E-state index contributed by atoms with van der Waals surface area (Å²) in [6, 6.07) is 4.13. The van der Waals surface area contributed by atoms with Crippen LogP contribution in [0.4, 0.5) is 0 Å². The number of hydrogen-bond donors (Lipinski definition) is 1. The second kappa shape index (κ2) is 6.05. The second-order valence-corrected chi connectivity index (χ2v) is 7.39. The smallest absolute Gasteiger partial charge is 0.234 e. The molecule has 23 heavy (non-hydrogen) atoms. The summed E-state index contributed by atoms with van der Waals surface area (Å²) in [6.45, 7) is 4.92. The van der Waals surface area contributed by atoms with Crippen LogP contribution in [0.25, 0.3) is 0 Å². The summed E-state index contributed by atoms with van der Waals surface area (Å²) >= 11 is 1.67. The zero-order chi connectivity index (χ0) is 15.8. The van der Waals surface area contributed by atoms with Crippen LogP contribution in [0.3, 0.4) is 0 Å². The van der Waals surface area contributed by atoms with E-state index in [1.54, 1.807) is 11.3 Å². The molecule has 0 unspecified atom stereocenters. The summed E-state index contributed by atoms with van der Waals surface area (Å²) in [5.74, 6) is 2.84. The van der Waals surface area contributed by atoms with Gasteiger partial charge in [-0.15, -0.1) is 21.5 Å². The molecule has 1 aliphatic heterocycles. The Bertz CT molecular complexity index is 691. The van der Waals surface area contributed by atoms with Gasteiger partial charge in [0.1, 0.15) is 11.6 Å². The van der Waals surface area contributed by atoms with E-state index in [0.29, 0.717) is 19.0 Å². The number of fused-ring (bicyclic) bond motifs is 1. The van der Waals surface area contributed by atoms with Crippen molar-refractivity contribution >= 4 is 17.2 Å². The highest BCUT2D eigenvalue weighted by atomic mass is 32.1. The first-order valence-corrected chi connectivity index (χ1v) is 9.06. The summed E-state index contributed by atoms with van der Waals surface area (Å²) in [6.07, 6.45) is 2.48.